The third-order valence-electron chi connectivity index (χ3n) is 3.29. The maximum atomic E-state index is 13.3. The van der Waals surface area contributed by atoms with E-state index < -0.39 is 17.2 Å². The van der Waals surface area contributed by atoms with Crippen LogP contribution in [0.25, 0.3) is 0 Å². The molecule has 0 aliphatic carbocycles. The number of benzene rings is 1. The molecule has 2 unspecified atom stereocenters. The topological polar surface area (TPSA) is 21.3 Å². The lowest BCUT2D eigenvalue weighted by Crippen LogP contribution is -2.42. The second-order valence-corrected chi connectivity index (χ2v) is 4.52. The molecule has 0 bridgehead atoms. The van der Waals surface area contributed by atoms with Crippen LogP contribution >= 0.6 is 0 Å². The van der Waals surface area contributed by atoms with Crippen LogP contribution in [0.1, 0.15) is 38.8 Å². The molecule has 0 amide bonds. The van der Waals surface area contributed by atoms with Gasteiger partial charge in [0.25, 0.3) is 0 Å². The first-order chi connectivity index (χ1) is 8.46. The molecular formula is C14H21F2NO. The fraction of sp³-hybridized carbons (Fsp3) is 0.571. The van der Waals surface area contributed by atoms with Crippen molar-refractivity contribution in [3.63, 3.8) is 0 Å². The standard InChI is InChI=1S/C14H21F2NO/c1-5-14(3,18-6-2)13(17-4)10-7-11(15)9-12(16)8-10/h7-9,13,17H,5-6H2,1-4H3. The van der Waals surface area contributed by atoms with Gasteiger partial charge in [-0.3, -0.25) is 0 Å². The van der Waals surface area contributed by atoms with Crippen LogP contribution in [-0.2, 0) is 4.74 Å². The van der Waals surface area contributed by atoms with Crippen molar-refractivity contribution in [3.05, 3.63) is 35.4 Å². The Morgan fingerprint density at radius 3 is 2.17 bits per heavy atom. The first-order valence-electron chi connectivity index (χ1n) is 6.24. The smallest absolute Gasteiger partial charge is 0.126 e. The number of halogens is 2. The van der Waals surface area contributed by atoms with Gasteiger partial charge in [-0.1, -0.05) is 6.92 Å². The fourth-order valence-corrected chi connectivity index (χ4v) is 2.29. The highest BCUT2D eigenvalue weighted by molar-refractivity contribution is 5.24. The molecule has 1 rings (SSSR count). The Kier molecular flexibility index (Phi) is 5.23. The van der Waals surface area contributed by atoms with Gasteiger partial charge in [-0.05, 0) is 45.0 Å². The molecule has 1 aromatic carbocycles. The highest BCUT2D eigenvalue weighted by Crippen LogP contribution is 2.32. The zero-order valence-electron chi connectivity index (χ0n) is 11.4. The van der Waals surface area contributed by atoms with Gasteiger partial charge in [0.1, 0.15) is 11.6 Å². The van der Waals surface area contributed by atoms with E-state index in [0.29, 0.717) is 12.2 Å². The summed E-state index contributed by atoms with van der Waals surface area (Å²) in [7, 11) is 1.76. The van der Waals surface area contributed by atoms with Gasteiger partial charge < -0.3 is 10.1 Å². The normalized spacial score (nSPS) is 16.3. The molecule has 0 heterocycles. The van der Waals surface area contributed by atoms with Crippen LogP contribution in [0.15, 0.2) is 18.2 Å². The maximum absolute atomic E-state index is 13.3. The van der Waals surface area contributed by atoms with Crippen molar-refractivity contribution in [2.75, 3.05) is 13.7 Å². The average Bonchev–Trinajstić information content (AvgIpc) is 2.29. The van der Waals surface area contributed by atoms with Gasteiger partial charge in [-0.25, -0.2) is 8.78 Å². The van der Waals surface area contributed by atoms with E-state index in [-0.39, 0.29) is 6.04 Å². The predicted octanol–water partition coefficient (Wildman–Crippen LogP) is 3.43. The van der Waals surface area contributed by atoms with Crippen LogP contribution in [0.2, 0.25) is 0 Å². The van der Waals surface area contributed by atoms with Gasteiger partial charge in [-0.2, -0.15) is 0 Å². The molecule has 0 aromatic heterocycles. The van der Waals surface area contributed by atoms with E-state index in [1.807, 2.05) is 20.8 Å². The first-order valence-corrected chi connectivity index (χ1v) is 6.24. The third-order valence-corrected chi connectivity index (χ3v) is 3.29. The molecule has 4 heteroatoms. The summed E-state index contributed by atoms with van der Waals surface area (Å²) in [6, 6.07) is 3.31. The molecule has 18 heavy (non-hydrogen) atoms. The lowest BCUT2D eigenvalue weighted by molar-refractivity contribution is -0.0547. The molecule has 102 valence electrons. The van der Waals surface area contributed by atoms with E-state index in [2.05, 4.69) is 5.32 Å². The Balaban J connectivity index is 3.14. The Labute approximate surface area is 107 Å². The summed E-state index contributed by atoms with van der Waals surface area (Å²) >= 11 is 0. The summed E-state index contributed by atoms with van der Waals surface area (Å²) in [5.74, 6) is -1.14. The van der Waals surface area contributed by atoms with Crippen molar-refractivity contribution in [2.24, 2.45) is 0 Å². The zero-order chi connectivity index (χ0) is 13.8. The van der Waals surface area contributed by atoms with Crippen molar-refractivity contribution in [3.8, 4) is 0 Å². The predicted molar refractivity (Wildman–Crippen MR) is 68.5 cm³/mol. The van der Waals surface area contributed by atoms with Crippen LogP contribution in [0, 0.1) is 11.6 Å². The molecule has 0 saturated heterocycles. The van der Waals surface area contributed by atoms with Crippen molar-refractivity contribution in [2.45, 2.75) is 38.8 Å². The first kappa shape index (κ1) is 15.1. The molecule has 1 N–H and O–H groups in total. The van der Waals surface area contributed by atoms with Gasteiger partial charge in [0, 0.05) is 12.7 Å². The lowest BCUT2D eigenvalue weighted by Gasteiger charge is -2.37. The molecule has 0 saturated carbocycles. The van der Waals surface area contributed by atoms with Crippen molar-refractivity contribution >= 4 is 0 Å². The van der Waals surface area contributed by atoms with Crippen LogP contribution in [-0.4, -0.2) is 19.3 Å². The van der Waals surface area contributed by atoms with Crippen LogP contribution in [0.5, 0.6) is 0 Å². The minimum atomic E-state index is -0.569. The van der Waals surface area contributed by atoms with E-state index in [1.54, 1.807) is 7.05 Å². The van der Waals surface area contributed by atoms with E-state index >= 15 is 0 Å². The minimum Gasteiger partial charge on any atom is -0.374 e. The summed E-state index contributed by atoms with van der Waals surface area (Å²) in [6.07, 6.45) is 0.741. The molecule has 0 radical (unpaired) electrons. The number of hydrogen-bond acceptors (Lipinski definition) is 2. The summed E-state index contributed by atoms with van der Waals surface area (Å²) in [6.45, 7) is 6.41. The summed E-state index contributed by atoms with van der Waals surface area (Å²) in [4.78, 5) is 0. The molecule has 0 fully saturated rings. The van der Waals surface area contributed by atoms with Gasteiger partial charge in [0.05, 0.1) is 11.6 Å². The Morgan fingerprint density at radius 1 is 1.22 bits per heavy atom. The van der Waals surface area contributed by atoms with E-state index in [4.69, 9.17) is 4.74 Å². The van der Waals surface area contributed by atoms with Gasteiger partial charge in [0.2, 0.25) is 0 Å². The zero-order valence-corrected chi connectivity index (χ0v) is 11.4. The maximum Gasteiger partial charge on any atom is 0.126 e. The summed E-state index contributed by atoms with van der Waals surface area (Å²) in [5, 5.41) is 3.09. The highest BCUT2D eigenvalue weighted by Gasteiger charge is 2.33. The van der Waals surface area contributed by atoms with Crippen molar-refractivity contribution < 1.29 is 13.5 Å². The Bertz CT molecular complexity index is 377. The Hall–Kier alpha value is -1.00. The largest absolute Gasteiger partial charge is 0.374 e. The van der Waals surface area contributed by atoms with Crippen molar-refractivity contribution in [1.82, 2.24) is 5.32 Å². The summed E-state index contributed by atoms with van der Waals surface area (Å²) < 4.78 is 32.3. The molecule has 2 nitrogen and oxygen atoms in total. The quantitative estimate of drug-likeness (QED) is 0.843. The van der Waals surface area contributed by atoms with E-state index in [1.165, 1.54) is 12.1 Å². The molecule has 2 atom stereocenters. The minimum absolute atomic E-state index is 0.257. The molecule has 0 spiro atoms. The molecule has 0 aliphatic heterocycles. The second-order valence-electron chi connectivity index (χ2n) is 4.52. The number of likely N-dealkylation sites (N-methyl/N-ethyl adjacent to an activating group) is 1. The van der Waals surface area contributed by atoms with Crippen LogP contribution < -0.4 is 5.32 Å². The fourth-order valence-electron chi connectivity index (χ4n) is 2.29. The van der Waals surface area contributed by atoms with Crippen molar-refractivity contribution in [1.29, 1.82) is 0 Å². The van der Waals surface area contributed by atoms with E-state index in [9.17, 15) is 8.78 Å². The van der Waals surface area contributed by atoms with Gasteiger partial charge >= 0.3 is 0 Å². The van der Waals surface area contributed by atoms with Crippen LogP contribution in [0.4, 0.5) is 8.78 Å². The summed E-state index contributed by atoms with van der Waals surface area (Å²) in [5.41, 5.74) is 0.0665. The Morgan fingerprint density at radius 2 is 1.78 bits per heavy atom. The van der Waals surface area contributed by atoms with Gasteiger partial charge in [-0.15, -0.1) is 0 Å². The monoisotopic (exact) mass is 257 g/mol. The van der Waals surface area contributed by atoms with Crippen LogP contribution in [0.3, 0.4) is 0 Å². The van der Waals surface area contributed by atoms with Gasteiger partial charge in [0.15, 0.2) is 0 Å². The van der Waals surface area contributed by atoms with E-state index in [0.717, 1.165) is 12.5 Å². The number of nitrogens with one attached hydrogen (secondary N) is 1. The number of rotatable bonds is 6. The highest BCUT2D eigenvalue weighted by atomic mass is 19.1. The SMILES string of the molecule is CCOC(C)(CC)C(NC)c1cc(F)cc(F)c1. The number of hydrogen-bond donors (Lipinski definition) is 1. The number of ether oxygens (including phenoxy) is 1. The second kappa shape index (κ2) is 6.25. The molecular weight excluding hydrogens is 236 g/mol. The molecule has 1 aromatic rings. The third kappa shape index (κ3) is 3.27. The average molecular weight is 257 g/mol. The lowest BCUT2D eigenvalue weighted by atomic mass is 9.87. The molecule has 0 aliphatic rings.